The van der Waals surface area contributed by atoms with Crippen molar-refractivity contribution in [1.29, 1.82) is 0 Å². The Morgan fingerprint density at radius 1 is 1.38 bits per heavy atom. The van der Waals surface area contributed by atoms with E-state index in [9.17, 15) is 4.79 Å². The molecule has 1 aromatic carbocycles. The molecule has 0 saturated heterocycles. The number of benzene rings is 1. The third kappa shape index (κ3) is 3.14. The van der Waals surface area contributed by atoms with Crippen molar-refractivity contribution in [1.82, 2.24) is 15.4 Å². The highest BCUT2D eigenvalue weighted by molar-refractivity contribution is 7.17. The zero-order chi connectivity index (χ0) is 17.3. The zero-order valence-corrected chi connectivity index (χ0v) is 15.1. The van der Waals surface area contributed by atoms with Crippen molar-refractivity contribution in [3.63, 3.8) is 0 Å². The molecule has 0 saturated carbocycles. The van der Waals surface area contributed by atoms with E-state index in [1.54, 1.807) is 23.3 Å². The molecule has 0 spiro atoms. The number of urea groups is 1. The molecule has 0 fully saturated rings. The molecule has 0 radical (unpaired) electrons. The number of aromatic nitrogens is 1. The number of thiophene rings is 1. The molecule has 0 bridgehead atoms. The summed E-state index contributed by atoms with van der Waals surface area (Å²) in [6.45, 7) is 6.24. The number of hydrogen-bond acceptors (Lipinski definition) is 4. The summed E-state index contributed by atoms with van der Waals surface area (Å²) in [4.78, 5) is 14.2. The predicted molar refractivity (Wildman–Crippen MR) is 96.2 cm³/mol. The van der Waals surface area contributed by atoms with E-state index in [4.69, 9.17) is 4.52 Å². The molecular weight excluding hydrogens is 322 g/mol. The molecule has 0 aliphatic rings. The highest BCUT2D eigenvalue weighted by atomic mass is 32.1. The first kappa shape index (κ1) is 16.5. The standard InChI is InChI=1S/C18H21N3O2S/c1-11(16-10-24-17-8-6-5-7-14(16)17)19-18(22)21(4)9-15-12(2)20-23-13(15)3/h5-8,10-11H,9H2,1-4H3,(H,19,22). The first-order valence-electron chi connectivity index (χ1n) is 7.87. The van der Waals surface area contributed by atoms with Gasteiger partial charge in [-0.05, 0) is 43.2 Å². The summed E-state index contributed by atoms with van der Waals surface area (Å²) in [5.41, 5.74) is 2.93. The molecule has 0 aliphatic carbocycles. The van der Waals surface area contributed by atoms with Crippen LogP contribution in [0.4, 0.5) is 4.79 Å². The van der Waals surface area contributed by atoms with Gasteiger partial charge in [0.25, 0.3) is 0 Å². The van der Waals surface area contributed by atoms with Gasteiger partial charge in [-0.1, -0.05) is 23.4 Å². The van der Waals surface area contributed by atoms with E-state index in [0.29, 0.717) is 6.54 Å². The van der Waals surface area contributed by atoms with Gasteiger partial charge in [-0.3, -0.25) is 0 Å². The molecule has 126 valence electrons. The van der Waals surface area contributed by atoms with Crippen LogP contribution in [-0.4, -0.2) is 23.1 Å². The lowest BCUT2D eigenvalue weighted by molar-refractivity contribution is 0.203. The first-order chi connectivity index (χ1) is 11.5. The fourth-order valence-electron chi connectivity index (χ4n) is 2.74. The second-order valence-corrected chi connectivity index (χ2v) is 6.93. The number of carbonyl (C=O) groups is 1. The van der Waals surface area contributed by atoms with Gasteiger partial charge >= 0.3 is 6.03 Å². The highest BCUT2D eigenvalue weighted by Gasteiger charge is 2.18. The summed E-state index contributed by atoms with van der Waals surface area (Å²) in [6.07, 6.45) is 0. The van der Waals surface area contributed by atoms with Crippen molar-refractivity contribution in [2.75, 3.05) is 7.05 Å². The zero-order valence-electron chi connectivity index (χ0n) is 14.3. The van der Waals surface area contributed by atoms with E-state index >= 15 is 0 Å². The van der Waals surface area contributed by atoms with Crippen LogP contribution in [0.25, 0.3) is 10.1 Å². The van der Waals surface area contributed by atoms with E-state index in [1.165, 1.54) is 10.1 Å². The fraction of sp³-hybridized carbons (Fsp3) is 0.333. The van der Waals surface area contributed by atoms with Gasteiger partial charge in [-0.25, -0.2) is 4.79 Å². The number of rotatable bonds is 4. The summed E-state index contributed by atoms with van der Waals surface area (Å²) in [5.74, 6) is 0.754. The lowest BCUT2D eigenvalue weighted by atomic mass is 10.1. The summed E-state index contributed by atoms with van der Waals surface area (Å²) >= 11 is 1.70. The summed E-state index contributed by atoms with van der Waals surface area (Å²) in [6, 6.07) is 8.08. The second-order valence-electron chi connectivity index (χ2n) is 6.02. The monoisotopic (exact) mass is 343 g/mol. The predicted octanol–water partition coefficient (Wildman–Crippen LogP) is 4.41. The quantitative estimate of drug-likeness (QED) is 0.763. The molecule has 1 unspecified atom stereocenters. The van der Waals surface area contributed by atoms with Crippen LogP contribution in [0.3, 0.4) is 0 Å². The van der Waals surface area contributed by atoms with Crippen LogP contribution in [0.1, 0.15) is 35.5 Å². The normalized spacial score (nSPS) is 12.3. The van der Waals surface area contributed by atoms with E-state index in [0.717, 1.165) is 22.6 Å². The SMILES string of the molecule is Cc1noc(C)c1CN(C)C(=O)NC(C)c1csc2ccccc12. The minimum atomic E-state index is -0.113. The highest BCUT2D eigenvalue weighted by Crippen LogP contribution is 2.30. The van der Waals surface area contributed by atoms with E-state index < -0.39 is 0 Å². The Hall–Kier alpha value is -2.34. The molecule has 2 amide bonds. The maximum absolute atomic E-state index is 12.5. The Morgan fingerprint density at radius 3 is 2.83 bits per heavy atom. The third-order valence-electron chi connectivity index (χ3n) is 4.24. The number of nitrogens with one attached hydrogen (secondary N) is 1. The van der Waals surface area contributed by atoms with Gasteiger partial charge in [0.2, 0.25) is 0 Å². The average Bonchev–Trinajstić information content (AvgIpc) is 3.13. The van der Waals surface area contributed by atoms with Crippen molar-refractivity contribution in [3.8, 4) is 0 Å². The molecule has 24 heavy (non-hydrogen) atoms. The van der Waals surface area contributed by atoms with Gasteiger partial charge in [0.15, 0.2) is 0 Å². The molecule has 6 heteroatoms. The molecule has 2 heterocycles. The number of aryl methyl sites for hydroxylation is 2. The largest absolute Gasteiger partial charge is 0.361 e. The molecule has 0 aliphatic heterocycles. The lowest BCUT2D eigenvalue weighted by Gasteiger charge is -2.21. The Morgan fingerprint density at radius 2 is 2.12 bits per heavy atom. The summed E-state index contributed by atoms with van der Waals surface area (Å²) in [5, 5.41) is 10.3. The van der Waals surface area contributed by atoms with Crippen LogP contribution in [0.2, 0.25) is 0 Å². The molecule has 3 aromatic rings. The maximum atomic E-state index is 12.5. The van der Waals surface area contributed by atoms with Crippen LogP contribution in [0.5, 0.6) is 0 Å². The Kier molecular flexibility index (Phi) is 4.57. The van der Waals surface area contributed by atoms with Crippen LogP contribution < -0.4 is 5.32 Å². The van der Waals surface area contributed by atoms with Crippen molar-refractivity contribution < 1.29 is 9.32 Å². The number of nitrogens with zero attached hydrogens (tertiary/aromatic N) is 2. The van der Waals surface area contributed by atoms with E-state index in [1.807, 2.05) is 32.9 Å². The van der Waals surface area contributed by atoms with Gasteiger partial charge in [0, 0.05) is 17.3 Å². The van der Waals surface area contributed by atoms with Gasteiger partial charge in [0.05, 0.1) is 18.3 Å². The minimum Gasteiger partial charge on any atom is -0.361 e. The van der Waals surface area contributed by atoms with Crippen molar-refractivity contribution in [2.24, 2.45) is 0 Å². The molecule has 5 nitrogen and oxygen atoms in total. The summed E-state index contributed by atoms with van der Waals surface area (Å²) in [7, 11) is 1.78. The van der Waals surface area contributed by atoms with Crippen LogP contribution in [-0.2, 0) is 6.54 Å². The molecule has 3 rings (SSSR count). The number of hydrogen-bond donors (Lipinski definition) is 1. The third-order valence-corrected chi connectivity index (χ3v) is 5.22. The Balaban J connectivity index is 1.69. The Bertz CT molecular complexity index is 849. The van der Waals surface area contributed by atoms with Crippen molar-refractivity contribution in [2.45, 2.75) is 33.4 Å². The topological polar surface area (TPSA) is 58.4 Å². The number of fused-ring (bicyclic) bond motifs is 1. The van der Waals surface area contributed by atoms with Gasteiger partial charge in [-0.2, -0.15) is 0 Å². The Labute approximate surface area is 145 Å². The van der Waals surface area contributed by atoms with Crippen molar-refractivity contribution in [3.05, 3.63) is 52.2 Å². The lowest BCUT2D eigenvalue weighted by Crippen LogP contribution is -2.38. The van der Waals surface area contributed by atoms with Crippen LogP contribution in [0.15, 0.2) is 34.2 Å². The second kappa shape index (κ2) is 6.65. The van der Waals surface area contributed by atoms with E-state index in [2.05, 4.69) is 28.0 Å². The smallest absolute Gasteiger partial charge is 0.317 e. The molecule has 2 aromatic heterocycles. The van der Waals surface area contributed by atoms with E-state index in [-0.39, 0.29) is 12.1 Å². The van der Waals surface area contributed by atoms with Gasteiger partial charge < -0.3 is 14.7 Å². The molecular formula is C18H21N3O2S. The maximum Gasteiger partial charge on any atom is 0.317 e. The minimum absolute atomic E-state index is 0.0548. The first-order valence-corrected chi connectivity index (χ1v) is 8.75. The van der Waals surface area contributed by atoms with Crippen molar-refractivity contribution >= 4 is 27.5 Å². The molecule has 1 atom stereocenters. The average molecular weight is 343 g/mol. The van der Waals surface area contributed by atoms with Crippen LogP contribution in [0, 0.1) is 13.8 Å². The molecule has 1 N–H and O–H groups in total. The van der Waals surface area contributed by atoms with Gasteiger partial charge in [-0.15, -0.1) is 11.3 Å². The van der Waals surface area contributed by atoms with Gasteiger partial charge in [0.1, 0.15) is 5.76 Å². The number of carbonyl (C=O) groups excluding carboxylic acids is 1. The fourth-order valence-corrected chi connectivity index (χ4v) is 3.80. The van der Waals surface area contributed by atoms with Crippen LogP contribution >= 0.6 is 11.3 Å². The number of amides is 2. The summed E-state index contributed by atoms with van der Waals surface area (Å²) < 4.78 is 6.39.